The molecule has 15 heavy (non-hydrogen) atoms. The third-order valence-corrected chi connectivity index (χ3v) is 3.62. The van der Waals surface area contributed by atoms with Crippen molar-refractivity contribution in [1.82, 2.24) is 0 Å². The monoisotopic (exact) mass is 208 g/mol. The zero-order valence-corrected chi connectivity index (χ0v) is 10.6. The van der Waals surface area contributed by atoms with E-state index < -0.39 is 0 Å². The summed E-state index contributed by atoms with van der Waals surface area (Å²) in [5.41, 5.74) is 0. The number of hydrogen-bond donors (Lipinski definition) is 0. The molecule has 0 saturated carbocycles. The van der Waals surface area contributed by atoms with Crippen LogP contribution in [0, 0.1) is 17.8 Å². The first kappa shape index (κ1) is 15.0. The molecule has 2 nitrogen and oxygen atoms in total. The van der Waals surface area contributed by atoms with Gasteiger partial charge in [0.15, 0.2) is 6.29 Å². The SMILES string of the molecule is CCC1O[C@@H](OC)C(C)[C@H](C)[C@H]1C.[B][B]. The van der Waals surface area contributed by atoms with Crippen molar-refractivity contribution < 1.29 is 9.47 Å². The van der Waals surface area contributed by atoms with Gasteiger partial charge in [-0.15, -0.1) is 0 Å². The molecule has 4 heteroatoms. The zero-order chi connectivity index (χ0) is 12.0. The summed E-state index contributed by atoms with van der Waals surface area (Å²) in [7, 11) is 9.73. The average molecular weight is 208 g/mol. The van der Waals surface area contributed by atoms with Gasteiger partial charge < -0.3 is 9.47 Å². The third kappa shape index (κ3) is 3.53. The Morgan fingerprint density at radius 2 is 1.60 bits per heavy atom. The van der Waals surface area contributed by atoms with Crippen molar-refractivity contribution in [2.75, 3.05) is 7.11 Å². The van der Waals surface area contributed by atoms with Crippen LogP contribution in [0.2, 0.25) is 0 Å². The summed E-state index contributed by atoms with van der Waals surface area (Å²) >= 11 is 0. The summed E-state index contributed by atoms with van der Waals surface area (Å²) in [6, 6.07) is 0. The molecule has 0 aromatic rings. The lowest BCUT2D eigenvalue weighted by Crippen LogP contribution is -2.45. The van der Waals surface area contributed by atoms with Crippen molar-refractivity contribution in [3.8, 4) is 0 Å². The first-order chi connectivity index (χ1) is 7.11. The van der Waals surface area contributed by atoms with Crippen LogP contribution in [0.4, 0.5) is 0 Å². The fourth-order valence-corrected chi connectivity index (χ4v) is 2.22. The molecule has 1 rings (SSSR count). The molecular formula is C11H22B2O2. The van der Waals surface area contributed by atoms with E-state index in [-0.39, 0.29) is 6.29 Å². The lowest BCUT2D eigenvalue weighted by Gasteiger charge is -2.42. The number of ether oxygens (including phenoxy) is 2. The summed E-state index contributed by atoms with van der Waals surface area (Å²) in [6.45, 7) is 8.96. The molecule has 0 aromatic heterocycles. The Balaban J connectivity index is 0.000000921. The summed E-state index contributed by atoms with van der Waals surface area (Å²) < 4.78 is 11.2. The molecule has 1 aliphatic heterocycles. The van der Waals surface area contributed by atoms with Crippen LogP contribution in [-0.4, -0.2) is 35.0 Å². The van der Waals surface area contributed by atoms with Crippen LogP contribution >= 0.6 is 0 Å². The van der Waals surface area contributed by atoms with Gasteiger partial charge in [0.2, 0.25) is 0 Å². The summed E-state index contributed by atoms with van der Waals surface area (Å²) in [5, 5.41) is 0. The lowest BCUT2D eigenvalue weighted by molar-refractivity contribution is -0.237. The fourth-order valence-electron chi connectivity index (χ4n) is 2.22. The van der Waals surface area contributed by atoms with Gasteiger partial charge in [-0.2, -0.15) is 0 Å². The second kappa shape index (κ2) is 7.34. The van der Waals surface area contributed by atoms with Gasteiger partial charge in [0.25, 0.3) is 0 Å². The van der Waals surface area contributed by atoms with Gasteiger partial charge >= 0.3 is 0 Å². The Morgan fingerprint density at radius 3 is 2.00 bits per heavy atom. The van der Waals surface area contributed by atoms with Crippen molar-refractivity contribution in [2.45, 2.75) is 46.5 Å². The first-order valence-electron chi connectivity index (χ1n) is 5.63. The maximum Gasteiger partial charge on any atom is 0.160 e. The van der Waals surface area contributed by atoms with Gasteiger partial charge in [-0.25, -0.2) is 0 Å². The average Bonchev–Trinajstić information content (AvgIpc) is 2.29. The Hall–Kier alpha value is 0.0499. The van der Waals surface area contributed by atoms with Crippen LogP contribution in [0.25, 0.3) is 0 Å². The first-order valence-corrected chi connectivity index (χ1v) is 5.63. The van der Waals surface area contributed by atoms with Crippen LogP contribution in [0.1, 0.15) is 34.1 Å². The quantitative estimate of drug-likeness (QED) is 0.645. The van der Waals surface area contributed by atoms with E-state index >= 15 is 0 Å². The molecular weight excluding hydrogens is 186 g/mol. The van der Waals surface area contributed by atoms with Crippen molar-refractivity contribution in [2.24, 2.45) is 17.8 Å². The number of rotatable bonds is 2. The summed E-state index contributed by atoms with van der Waals surface area (Å²) in [4.78, 5) is 0. The van der Waals surface area contributed by atoms with Crippen LogP contribution in [0.5, 0.6) is 0 Å². The topological polar surface area (TPSA) is 18.5 Å². The van der Waals surface area contributed by atoms with Crippen LogP contribution in [0.3, 0.4) is 0 Å². The second-order valence-corrected chi connectivity index (χ2v) is 4.26. The minimum absolute atomic E-state index is 0.00356. The van der Waals surface area contributed by atoms with Gasteiger partial charge in [-0.05, 0) is 18.3 Å². The maximum absolute atomic E-state index is 5.86. The van der Waals surface area contributed by atoms with Gasteiger partial charge in [0.05, 0.1) is 6.10 Å². The fraction of sp³-hybridized carbons (Fsp3) is 1.00. The van der Waals surface area contributed by atoms with Crippen molar-refractivity contribution in [1.29, 1.82) is 0 Å². The Bertz CT molecular complexity index is 147. The lowest BCUT2D eigenvalue weighted by atomic mass is 9.78. The Labute approximate surface area is 96.9 Å². The molecule has 84 valence electrons. The largest absolute Gasteiger partial charge is 0.356 e. The minimum Gasteiger partial charge on any atom is -0.356 e. The third-order valence-electron chi connectivity index (χ3n) is 3.62. The van der Waals surface area contributed by atoms with Crippen molar-refractivity contribution in [3.05, 3.63) is 0 Å². The second-order valence-electron chi connectivity index (χ2n) is 4.26. The van der Waals surface area contributed by atoms with Gasteiger partial charge in [0, 0.05) is 28.5 Å². The normalized spacial score (nSPS) is 40.5. The van der Waals surface area contributed by atoms with E-state index in [9.17, 15) is 0 Å². The molecule has 0 amide bonds. The molecule has 0 aliphatic carbocycles. The maximum atomic E-state index is 5.86. The molecule has 0 bridgehead atoms. The minimum atomic E-state index is -0.00356. The van der Waals surface area contributed by atoms with Gasteiger partial charge in [-0.1, -0.05) is 27.7 Å². The molecule has 1 saturated heterocycles. The van der Waals surface area contributed by atoms with E-state index in [1.165, 1.54) is 0 Å². The molecule has 0 aromatic carbocycles. The van der Waals surface area contributed by atoms with E-state index in [0.717, 1.165) is 6.42 Å². The van der Waals surface area contributed by atoms with E-state index in [1.54, 1.807) is 7.11 Å². The molecule has 1 heterocycles. The van der Waals surface area contributed by atoms with E-state index in [2.05, 4.69) is 43.2 Å². The molecule has 0 spiro atoms. The molecule has 1 fully saturated rings. The Morgan fingerprint density at radius 1 is 1.07 bits per heavy atom. The van der Waals surface area contributed by atoms with Gasteiger partial charge in [0.1, 0.15) is 0 Å². The molecule has 0 N–H and O–H groups in total. The number of hydrogen-bond acceptors (Lipinski definition) is 2. The van der Waals surface area contributed by atoms with E-state index in [1.807, 2.05) is 0 Å². The predicted octanol–water partition coefficient (Wildman–Crippen LogP) is 1.91. The molecule has 2 unspecified atom stereocenters. The van der Waals surface area contributed by atoms with Gasteiger partial charge in [-0.3, -0.25) is 0 Å². The van der Waals surface area contributed by atoms with Crippen molar-refractivity contribution >= 4 is 15.5 Å². The zero-order valence-electron chi connectivity index (χ0n) is 10.6. The number of methoxy groups -OCH3 is 1. The van der Waals surface area contributed by atoms with Crippen molar-refractivity contribution in [3.63, 3.8) is 0 Å². The molecule has 5 atom stereocenters. The highest BCUT2D eigenvalue weighted by atomic mass is 16.7. The highest BCUT2D eigenvalue weighted by molar-refractivity contribution is 6.75. The highest BCUT2D eigenvalue weighted by Gasteiger charge is 2.38. The highest BCUT2D eigenvalue weighted by Crippen LogP contribution is 2.36. The van der Waals surface area contributed by atoms with Crippen LogP contribution in [0.15, 0.2) is 0 Å². The predicted molar refractivity (Wildman–Crippen MR) is 65.0 cm³/mol. The summed E-state index contributed by atoms with van der Waals surface area (Å²) in [6.07, 6.45) is 1.45. The van der Waals surface area contributed by atoms with E-state index in [0.29, 0.717) is 23.9 Å². The molecule has 1 aliphatic rings. The standard InChI is InChI=1S/C11H22O2.B2/c1-6-10-8(3)7(2)9(4)11(12-5)13-10;1-2/h7-11H,6H2,1-5H3;/t7-,8-,9?,10?,11-;/m1./s1. The van der Waals surface area contributed by atoms with Crippen LogP contribution < -0.4 is 0 Å². The van der Waals surface area contributed by atoms with E-state index in [4.69, 9.17) is 9.47 Å². The molecule has 4 radical (unpaired) electrons. The smallest absolute Gasteiger partial charge is 0.160 e. The van der Waals surface area contributed by atoms with Crippen LogP contribution in [-0.2, 0) is 9.47 Å². The summed E-state index contributed by atoms with van der Waals surface area (Å²) in [5.74, 6) is 1.83. The Kier molecular flexibility index (Phi) is 7.37.